The number of nitrogens with zero attached hydrogens (tertiary/aromatic N) is 1. The van der Waals surface area contributed by atoms with Crippen molar-refractivity contribution in [1.29, 1.82) is 0 Å². The van der Waals surface area contributed by atoms with Crippen LogP contribution in [0.25, 0.3) is 0 Å². The van der Waals surface area contributed by atoms with Crippen LogP contribution in [0.15, 0.2) is 0 Å². The highest BCUT2D eigenvalue weighted by atomic mass is 16.5. The van der Waals surface area contributed by atoms with E-state index >= 15 is 0 Å². The van der Waals surface area contributed by atoms with Crippen LogP contribution in [0.3, 0.4) is 0 Å². The maximum absolute atomic E-state index is 12.9. The lowest BCUT2D eigenvalue weighted by molar-refractivity contribution is -0.162. The van der Waals surface area contributed by atoms with Crippen molar-refractivity contribution >= 4 is 11.8 Å². The highest BCUT2D eigenvalue weighted by Gasteiger charge is 2.55. The molecule has 0 radical (unpaired) electrons. The van der Waals surface area contributed by atoms with Crippen LogP contribution >= 0.6 is 0 Å². The molecule has 0 aromatic rings. The summed E-state index contributed by atoms with van der Waals surface area (Å²) in [5.41, 5.74) is -0.524. The van der Waals surface area contributed by atoms with E-state index in [-0.39, 0.29) is 23.8 Å². The normalized spacial score (nSPS) is 35.3. The second-order valence-corrected chi connectivity index (χ2v) is 7.76. The van der Waals surface area contributed by atoms with Crippen LogP contribution in [-0.2, 0) is 14.3 Å². The molecule has 2 aliphatic carbocycles. The number of hydrogen-bond acceptors (Lipinski definition) is 3. The number of amides is 2. The van der Waals surface area contributed by atoms with Crippen LogP contribution in [0.5, 0.6) is 0 Å². The molecule has 1 saturated heterocycles. The molecule has 2 unspecified atom stereocenters. The second kappa shape index (κ2) is 6.42. The van der Waals surface area contributed by atoms with Gasteiger partial charge in [-0.3, -0.25) is 14.5 Å². The summed E-state index contributed by atoms with van der Waals surface area (Å²) in [7, 11) is 0. The van der Waals surface area contributed by atoms with Crippen molar-refractivity contribution in [3.8, 4) is 0 Å². The summed E-state index contributed by atoms with van der Waals surface area (Å²) in [6.07, 6.45) is 6.66. The first-order valence-electron chi connectivity index (χ1n) is 9.24. The Hall–Kier alpha value is -1.10. The molecule has 1 N–H and O–H groups in total. The van der Waals surface area contributed by atoms with Gasteiger partial charge in [0, 0.05) is 12.0 Å². The Kier molecular flexibility index (Phi) is 4.68. The minimum atomic E-state index is -0.524. The second-order valence-electron chi connectivity index (χ2n) is 7.76. The van der Waals surface area contributed by atoms with Crippen LogP contribution in [0, 0.1) is 11.8 Å². The molecule has 0 aromatic heterocycles. The molecule has 2 saturated carbocycles. The topological polar surface area (TPSA) is 58.6 Å². The van der Waals surface area contributed by atoms with E-state index in [0.29, 0.717) is 12.5 Å². The van der Waals surface area contributed by atoms with Gasteiger partial charge in [-0.1, -0.05) is 13.8 Å². The molecule has 3 fully saturated rings. The minimum Gasteiger partial charge on any atom is -0.353 e. The van der Waals surface area contributed by atoms with Gasteiger partial charge in [0.1, 0.15) is 11.8 Å². The predicted molar refractivity (Wildman–Crippen MR) is 87.6 cm³/mol. The average Bonchev–Trinajstić information content (AvgIpc) is 3.32. The molecule has 5 nitrogen and oxygen atoms in total. The number of rotatable bonds is 4. The third-order valence-corrected chi connectivity index (χ3v) is 5.78. The Morgan fingerprint density at radius 3 is 2.48 bits per heavy atom. The maximum atomic E-state index is 12.9. The lowest BCUT2D eigenvalue weighted by Crippen LogP contribution is -2.57. The maximum Gasteiger partial charge on any atom is 0.245 e. The lowest BCUT2D eigenvalue weighted by Gasteiger charge is -2.43. The van der Waals surface area contributed by atoms with Crippen LogP contribution in [0.1, 0.15) is 65.7 Å². The number of hydrogen-bond donors (Lipinski definition) is 1. The molecule has 1 heterocycles. The van der Waals surface area contributed by atoms with Crippen LogP contribution in [0.2, 0.25) is 0 Å². The zero-order valence-electron chi connectivity index (χ0n) is 14.6. The predicted octanol–water partition coefficient (Wildman–Crippen LogP) is 2.44. The SMILES string of the molecule is CCC(C)NC(=O)C1COC2(CCC(C)CC2)N1C(=O)C1CC1. The van der Waals surface area contributed by atoms with Crippen molar-refractivity contribution in [3.63, 3.8) is 0 Å². The number of nitrogens with one attached hydrogen (secondary N) is 1. The Labute approximate surface area is 139 Å². The third-order valence-electron chi connectivity index (χ3n) is 5.78. The van der Waals surface area contributed by atoms with Gasteiger partial charge in [0.25, 0.3) is 0 Å². The first-order chi connectivity index (χ1) is 11.0. The van der Waals surface area contributed by atoms with Gasteiger partial charge < -0.3 is 10.1 Å². The Bertz CT molecular complexity index is 467. The molecule has 3 aliphatic rings. The van der Waals surface area contributed by atoms with Crippen molar-refractivity contribution in [2.45, 2.75) is 83.5 Å². The standard InChI is InChI=1S/C18H30N2O3/c1-4-13(3)19-16(21)15-11-23-18(9-7-12(2)8-10-18)20(15)17(22)14-5-6-14/h12-15H,4-11H2,1-3H3,(H,19,21). The average molecular weight is 322 g/mol. The fraction of sp³-hybridized carbons (Fsp3) is 0.889. The van der Waals surface area contributed by atoms with Crippen molar-refractivity contribution in [2.24, 2.45) is 11.8 Å². The van der Waals surface area contributed by atoms with Gasteiger partial charge in [-0.25, -0.2) is 0 Å². The molecular weight excluding hydrogens is 292 g/mol. The fourth-order valence-corrected chi connectivity index (χ4v) is 3.78. The molecule has 23 heavy (non-hydrogen) atoms. The zero-order chi connectivity index (χ0) is 16.6. The monoisotopic (exact) mass is 322 g/mol. The molecule has 2 atom stereocenters. The first kappa shape index (κ1) is 16.7. The molecule has 1 aliphatic heterocycles. The quantitative estimate of drug-likeness (QED) is 0.865. The van der Waals surface area contributed by atoms with Crippen molar-refractivity contribution in [2.75, 3.05) is 6.61 Å². The fourth-order valence-electron chi connectivity index (χ4n) is 3.78. The minimum absolute atomic E-state index is 0.0520. The van der Waals surface area contributed by atoms with Crippen molar-refractivity contribution < 1.29 is 14.3 Å². The summed E-state index contributed by atoms with van der Waals surface area (Å²) in [5.74, 6) is 0.882. The van der Waals surface area contributed by atoms with E-state index < -0.39 is 11.8 Å². The molecule has 130 valence electrons. The number of carbonyl (C=O) groups is 2. The van der Waals surface area contributed by atoms with E-state index in [1.807, 2.05) is 18.7 Å². The Morgan fingerprint density at radius 1 is 1.26 bits per heavy atom. The summed E-state index contributed by atoms with van der Waals surface area (Å²) >= 11 is 0. The molecule has 3 rings (SSSR count). The smallest absolute Gasteiger partial charge is 0.245 e. The molecular formula is C18H30N2O3. The van der Waals surface area contributed by atoms with Gasteiger partial charge >= 0.3 is 0 Å². The molecule has 1 spiro atoms. The highest BCUT2D eigenvalue weighted by Crippen LogP contribution is 2.45. The molecule has 5 heteroatoms. The van der Waals surface area contributed by atoms with Gasteiger partial charge in [-0.05, 0) is 57.8 Å². The summed E-state index contributed by atoms with van der Waals surface area (Å²) in [4.78, 5) is 27.4. The lowest BCUT2D eigenvalue weighted by atomic mass is 9.83. The highest BCUT2D eigenvalue weighted by molar-refractivity contribution is 5.90. The van der Waals surface area contributed by atoms with E-state index in [2.05, 4.69) is 12.2 Å². The van der Waals surface area contributed by atoms with E-state index in [9.17, 15) is 9.59 Å². The Balaban J connectivity index is 1.79. The van der Waals surface area contributed by atoms with Gasteiger partial charge in [-0.15, -0.1) is 0 Å². The van der Waals surface area contributed by atoms with Gasteiger partial charge in [0.05, 0.1) is 6.61 Å². The Morgan fingerprint density at radius 2 is 1.91 bits per heavy atom. The summed E-state index contributed by atoms with van der Waals surface area (Å²) in [6.45, 7) is 6.64. The van der Waals surface area contributed by atoms with Gasteiger partial charge in [0.2, 0.25) is 11.8 Å². The molecule has 2 amide bonds. The number of carbonyl (C=O) groups excluding carboxylic acids is 2. The van der Waals surface area contributed by atoms with E-state index in [1.165, 1.54) is 0 Å². The summed E-state index contributed by atoms with van der Waals surface area (Å²) in [6, 6.07) is -0.325. The first-order valence-corrected chi connectivity index (χ1v) is 9.24. The number of ether oxygens (including phenoxy) is 1. The van der Waals surface area contributed by atoms with Crippen LogP contribution in [-0.4, -0.2) is 41.1 Å². The summed E-state index contributed by atoms with van der Waals surface area (Å²) in [5, 5.41) is 3.03. The van der Waals surface area contributed by atoms with Crippen molar-refractivity contribution in [1.82, 2.24) is 10.2 Å². The molecule has 0 aromatic carbocycles. The summed E-state index contributed by atoms with van der Waals surface area (Å²) < 4.78 is 6.13. The van der Waals surface area contributed by atoms with E-state index in [0.717, 1.165) is 44.9 Å². The third kappa shape index (κ3) is 3.25. The zero-order valence-corrected chi connectivity index (χ0v) is 14.6. The van der Waals surface area contributed by atoms with E-state index in [1.54, 1.807) is 0 Å². The van der Waals surface area contributed by atoms with Gasteiger partial charge in [-0.2, -0.15) is 0 Å². The van der Waals surface area contributed by atoms with Crippen molar-refractivity contribution in [3.05, 3.63) is 0 Å². The van der Waals surface area contributed by atoms with Crippen LogP contribution < -0.4 is 5.32 Å². The largest absolute Gasteiger partial charge is 0.353 e. The van der Waals surface area contributed by atoms with Gasteiger partial charge in [0.15, 0.2) is 0 Å². The van der Waals surface area contributed by atoms with Crippen LogP contribution in [0.4, 0.5) is 0 Å². The molecule has 0 bridgehead atoms. The van der Waals surface area contributed by atoms with E-state index in [4.69, 9.17) is 4.74 Å².